The monoisotopic (exact) mass is 344 g/mol. The van der Waals surface area contributed by atoms with E-state index in [0.29, 0.717) is 36.7 Å². The highest BCUT2D eigenvalue weighted by atomic mass is 16.2. The van der Waals surface area contributed by atoms with Gasteiger partial charge in [0.1, 0.15) is 0 Å². The van der Waals surface area contributed by atoms with Crippen molar-refractivity contribution in [1.82, 2.24) is 15.5 Å². The lowest BCUT2D eigenvalue weighted by atomic mass is 9.94. The van der Waals surface area contributed by atoms with E-state index < -0.39 is 0 Å². The van der Waals surface area contributed by atoms with Crippen molar-refractivity contribution in [3.63, 3.8) is 0 Å². The van der Waals surface area contributed by atoms with Gasteiger partial charge in [0.25, 0.3) is 11.8 Å². The van der Waals surface area contributed by atoms with Crippen molar-refractivity contribution in [2.24, 2.45) is 11.7 Å². The number of carbonyl (C=O) groups is 2. The van der Waals surface area contributed by atoms with Gasteiger partial charge in [0.05, 0.1) is 0 Å². The summed E-state index contributed by atoms with van der Waals surface area (Å²) in [5.74, 6) is 0.624. The number of hydrogen-bond acceptors (Lipinski definition) is 4. The number of amides is 2. The Morgan fingerprint density at radius 1 is 1.32 bits per heavy atom. The molecule has 0 radical (unpaired) electrons. The van der Waals surface area contributed by atoms with Crippen molar-refractivity contribution in [3.05, 3.63) is 34.9 Å². The Morgan fingerprint density at radius 3 is 2.88 bits per heavy atom. The van der Waals surface area contributed by atoms with Crippen molar-refractivity contribution in [2.75, 3.05) is 32.7 Å². The molecule has 1 aromatic carbocycles. The van der Waals surface area contributed by atoms with E-state index in [4.69, 9.17) is 5.73 Å². The third-order valence-electron chi connectivity index (χ3n) is 5.18. The Hall–Kier alpha value is -1.92. The van der Waals surface area contributed by atoms with Crippen LogP contribution in [0, 0.1) is 5.92 Å². The van der Waals surface area contributed by atoms with Gasteiger partial charge in [-0.3, -0.25) is 9.59 Å². The van der Waals surface area contributed by atoms with Crippen LogP contribution in [0.2, 0.25) is 0 Å². The molecule has 2 amide bonds. The summed E-state index contributed by atoms with van der Waals surface area (Å²) in [4.78, 5) is 26.7. The summed E-state index contributed by atoms with van der Waals surface area (Å²) in [6.45, 7) is 4.74. The lowest BCUT2D eigenvalue weighted by Crippen LogP contribution is -2.31. The van der Waals surface area contributed by atoms with Crippen molar-refractivity contribution in [3.8, 4) is 0 Å². The SMILES string of the molecule is NCCCNC(=O)c1ccc2c(c1)C(=O)N(CCC1CCNCC1)C2. The number of nitrogens with two attached hydrogens (primary N) is 1. The number of benzene rings is 1. The van der Waals surface area contributed by atoms with Gasteiger partial charge in [0.15, 0.2) is 0 Å². The van der Waals surface area contributed by atoms with E-state index >= 15 is 0 Å². The highest BCUT2D eigenvalue weighted by Crippen LogP contribution is 2.26. The Morgan fingerprint density at radius 2 is 2.12 bits per heavy atom. The van der Waals surface area contributed by atoms with Crippen LogP contribution in [-0.4, -0.2) is 49.4 Å². The summed E-state index contributed by atoms with van der Waals surface area (Å²) >= 11 is 0. The molecule has 2 aliphatic heterocycles. The molecule has 6 nitrogen and oxygen atoms in total. The summed E-state index contributed by atoms with van der Waals surface area (Å²) in [5, 5.41) is 6.21. The average molecular weight is 344 g/mol. The minimum atomic E-state index is -0.141. The third-order valence-corrected chi connectivity index (χ3v) is 5.18. The maximum absolute atomic E-state index is 12.7. The number of rotatable bonds is 7. The van der Waals surface area contributed by atoms with Crippen LogP contribution in [0.1, 0.15) is 52.0 Å². The second kappa shape index (κ2) is 8.45. The smallest absolute Gasteiger partial charge is 0.254 e. The van der Waals surface area contributed by atoms with Crippen LogP contribution >= 0.6 is 0 Å². The Kier molecular flexibility index (Phi) is 6.04. The average Bonchev–Trinajstić information content (AvgIpc) is 2.96. The van der Waals surface area contributed by atoms with E-state index in [9.17, 15) is 9.59 Å². The first-order valence-corrected chi connectivity index (χ1v) is 9.30. The lowest BCUT2D eigenvalue weighted by molar-refractivity contribution is 0.0766. The molecule has 136 valence electrons. The van der Waals surface area contributed by atoms with Crippen LogP contribution in [0.4, 0.5) is 0 Å². The fraction of sp³-hybridized carbons (Fsp3) is 0.579. The molecule has 0 unspecified atom stereocenters. The molecular weight excluding hydrogens is 316 g/mol. The maximum atomic E-state index is 12.7. The second-order valence-corrected chi connectivity index (χ2v) is 6.98. The van der Waals surface area contributed by atoms with E-state index in [1.54, 1.807) is 12.1 Å². The molecule has 2 aliphatic rings. The van der Waals surface area contributed by atoms with E-state index in [0.717, 1.165) is 38.0 Å². The molecule has 1 fully saturated rings. The molecule has 3 rings (SSSR count). The zero-order chi connectivity index (χ0) is 17.6. The predicted molar refractivity (Wildman–Crippen MR) is 97.4 cm³/mol. The summed E-state index contributed by atoms with van der Waals surface area (Å²) in [7, 11) is 0. The van der Waals surface area contributed by atoms with Gasteiger partial charge in [-0.15, -0.1) is 0 Å². The second-order valence-electron chi connectivity index (χ2n) is 6.98. The predicted octanol–water partition coefficient (Wildman–Crippen LogP) is 1.11. The molecule has 0 bridgehead atoms. The molecule has 0 atom stereocenters. The molecule has 0 aliphatic carbocycles. The van der Waals surface area contributed by atoms with Crippen molar-refractivity contribution < 1.29 is 9.59 Å². The molecule has 4 N–H and O–H groups in total. The zero-order valence-electron chi connectivity index (χ0n) is 14.7. The molecule has 6 heteroatoms. The number of nitrogens with one attached hydrogen (secondary N) is 2. The van der Waals surface area contributed by atoms with E-state index in [2.05, 4.69) is 10.6 Å². The quantitative estimate of drug-likeness (QED) is 0.647. The van der Waals surface area contributed by atoms with Crippen LogP contribution in [0.15, 0.2) is 18.2 Å². The largest absolute Gasteiger partial charge is 0.352 e. The first kappa shape index (κ1) is 17.9. The summed E-state index contributed by atoms with van der Waals surface area (Å²) in [6, 6.07) is 5.45. The molecule has 0 aromatic heterocycles. The van der Waals surface area contributed by atoms with Crippen molar-refractivity contribution >= 4 is 11.8 Å². The number of piperidine rings is 1. The van der Waals surface area contributed by atoms with E-state index in [-0.39, 0.29) is 11.8 Å². The maximum Gasteiger partial charge on any atom is 0.254 e. The molecule has 25 heavy (non-hydrogen) atoms. The molecular formula is C19H28N4O2. The lowest BCUT2D eigenvalue weighted by Gasteiger charge is -2.25. The highest BCUT2D eigenvalue weighted by Gasteiger charge is 2.28. The van der Waals surface area contributed by atoms with E-state index in [1.807, 2.05) is 11.0 Å². The van der Waals surface area contributed by atoms with Crippen LogP contribution in [-0.2, 0) is 6.54 Å². The minimum Gasteiger partial charge on any atom is -0.352 e. The Bertz CT molecular complexity index is 626. The highest BCUT2D eigenvalue weighted by molar-refractivity contribution is 6.02. The van der Waals surface area contributed by atoms with Gasteiger partial charge < -0.3 is 21.3 Å². The normalized spacial score (nSPS) is 17.6. The Labute approximate surface area is 149 Å². The molecule has 0 spiro atoms. The van der Waals surface area contributed by atoms with Crippen LogP contribution in [0.5, 0.6) is 0 Å². The zero-order valence-corrected chi connectivity index (χ0v) is 14.7. The van der Waals surface area contributed by atoms with Crippen LogP contribution < -0.4 is 16.4 Å². The summed E-state index contributed by atoms with van der Waals surface area (Å²) in [6.07, 6.45) is 4.21. The van der Waals surface area contributed by atoms with Gasteiger partial charge >= 0.3 is 0 Å². The Balaban J connectivity index is 1.58. The number of fused-ring (bicyclic) bond motifs is 1. The van der Waals surface area contributed by atoms with Crippen molar-refractivity contribution in [1.29, 1.82) is 0 Å². The van der Waals surface area contributed by atoms with Gasteiger partial charge in [-0.1, -0.05) is 6.07 Å². The first-order valence-electron chi connectivity index (χ1n) is 9.30. The molecule has 0 saturated carbocycles. The topological polar surface area (TPSA) is 87.5 Å². The van der Waals surface area contributed by atoms with Gasteiger partial charge in [-0.2, -0.15) is 0 Å². The first-order chi connectivity index (χ1) is 12.2. The van der Waals surface area contributed by atoms with Crippen LogP contribution in [0.25, 0.3) is 0 Å². The van der Waals surface area contributed by atoms with Crippen molar-refractivity contribution in [2.45, 2.75) is 32.2 Å². The van der Waals surface area contributed by atoms with Gasteiger partial charge in [0, 0.05) is 30.8 Å². The molecule has 1 saturated heterocycles. The number of hydrogen-bond donors (Lipinski definition) is 3. The van der Waals surface area contributed by atoms with Gasteiger partial charge in [0.2, 0.25) is 0 Å². The van der Waals surface area contributed by atoms with Gasteiger partial charge in [-0.05, 0) is 68.9 Å². The van der Waals surface area contributed by atoms with Gasteiger partial charge in [-0.25, -0.2) is 0 Å². The number of nitrogens with zero attached hydrogens (tertiary/aromatic N) is 1. The fourth-order valence-electron chi connectivity index (χ4n) is 3.60. The van der Waals surface area contributed by atoms with E-state index in [1.165, 1.54) is 12.8 Å². The third kappa shape index (κ3) is 4.38. The molecule has 2 heterocycles. The fourth-order valence-corrected chi connectivity index (χ4v) is 3.60. The molecule has 1 aromatic rings. The standard InChI is InChI=1S/C19H28N4O2/c20-7-1-8-22-18(24)15-2-3-16-13-23(19(25)17(16)12-15)11-6-14-4-9-21-10-5-14/h2-3,12,14,21H,1,4-11,13,20H2,(H,22,24). The summed E-state index contributed by atoms with van der Waals surface area (Å²) < 4.78 is 0. The minimum absolute atomic E-state index is 0.0561. The number of carbonyl (C=O) groups excluding carboxylic acids is 2. The van der Waals surface area contributed by atoms with Crippen LogP contribution in [0.3, 0.4) is 0 Å². The summed E-state index contributed by atoms with van der Waals surface area (Å²) in [5.41, 5.74) is 7.68.